The second kappa shape index (κ2) is 8.19. The van der Waals surface area contributed by atoms with Crippen LogP contribution in [0.2, 0.25) is 0 Å². The van der Waals surface area contributed by atoms with Crippen molar-refractivity contribution in [1.29, 1.82) is 0 Å². The maximum Gasteiger partial charge on any atom is -0.00705 e. The maximum absolute atomic E-state index is 2.43. The molecule has 0 heterocycles. The van der Waals surface area contributed by atoms with E-state index in [9.17, 15) is 0 Å². The van der Waals surface area contributed by atoms with Crippen molar-refractivity contribution in [3.63, 3.8) is 0 Å². The van der Waals surface area contributed by atoms with Crippen LogP contribution in [0.5, 0.6) is 0 Å². The third-order valence-electron chi connectivity index (χ3n) is 5.27. The van der Waals surface area contributed by atoms with Gasteiger partial charge in [0.15, 0.2) is 0 Å². The number of hydrogen-bond acceptors (Lipinski definition) is 0. The Morgan fingerprint density at radius 2 is 1.35 bits per heavy atom. The molecule has 0 radical (unpaired) electrons. The van der Waals surface area contributed by atoms with Crippen LogP contribution < -0.4 is 0 Å². The highest BCUT2D eigenvalue weighted by Gasteiger charge is 2.20. The van der Waals surface area contributed by atoms with Gasteiger partial charge in [0, 0.05) is 0 Å². The average Bonchev–Trinajstić information content (AvgIpc) is 2.74. The molecule has 3 aliphatic rings. The molecule has 130 valence electrons. The van der Waals surface area contributed by atoms with E-state index >= 15 is 0 Å². The monoisotopic (exact) mass is 338 g/mol. The predicted molar refractivity (Wildman–Crippen MR) is 113 cm³/mol. The van der Waals surface area contributed by atoms with Crippen molar-refractivity contribution in [2.45, 2.75) is 38.5 Å². The van der Waals surface area contributed by atoms with Crippen LogP contribution in [0, 0.1) is 0 Å². The van der Waals surface area contributed by atoms with Gasteiger partial charge in [-0.05, 0) is 72.0 Å². The van der Waals surface area contributed by atoms with Gasteiger partial charge in [0.05, 0.1) is 0 Å². The number of rotatable bonds is 4. The Kier molecular flexibility index (Phi) is 5.30. The van der Waals surface area contributed by atoms with E-state index in [4.69, 9.17) is 0 Å². The molecule has 26 heavy (non-hydrogen) atoms. The molecule has 0 spiro atoms. The van der Waals surface area contributed by atoms with Crippen LogP contribution in [0.25, 0.3) is 5.57 Å². The summed E-state index contributed by atoms with van der Waals surface area (Å²) in [4.78, 5) is 0. The van der Waals surface area contributed by atoms with Gasteiger partial charge in [-0.15, -0.1) is 0 Å². The molecule has 0 N–H and O–H groups in total. The standard InChI is InChI=1S/C26H26/c1-5-13-21(14-6-1)25(22-15-7-2-8-16-22)26(23-17-9-3-10-18-23)24-19-11-4-12-20-24/h1-3,5-7,9,11,13-15,17,19-20H,4,8,10,12,16,18H2/b26-25-. The van der Waals surface area contributed by atoms with Crippen LogP contribution in [-0.2, 0) is 0 Å². The van der Waals surface area contributed by atoms with Crippen LogP contribution in [0.15, 0.2) is 107 Å². The quantitative estimate of drug-likeness (QED) is 0.541. The fourth-order valence-electron chi connectivity index (χ4n) is 4.01. The molecule has 0 amide bonds. The van der Waals surface area contributed by atoms with Crippen LogP contribution in [-0.4, -0.2) is 0 Å². The molecule has 0 fully saturated rings. The molecular weight excluding hydrogens is 312 g/mol. The van der Waals surface area contributed by atoms with E-state index in [1.807, 2.05) is 0 Å². The number of benzene rings is 1. The first-order valence-corrected chi connectivity index (χ1v) is 9.82. The summed E-state index contributed by atoms with van der Waals surface area (Å²) in [5, 5.41) is 0. The van der Waals surface area contributed by atoms with Gasteiger partial charge < -0.3 is 0 Å². The molecule has 0 saturated heterocycles. The summed E-state index contributed by atoms with van der Waals surface area (Å²) in [6.45, 7) is 0. The Morgan fingerprint density at radius 1 is 0.654 bits per heavy atom. The van der Waals surface area contributed by atoms with Gasteiger partial charge in [-0.2, -0.15) is 0 Å². The minimum atomic E-state index is 1.12. The van der Waals surface area contributed by atoms with Crippen molar-refractivity contribution in [3.05, 3.63) is 113 Å². The van der Waals surface area contributed by atoms with E-state index in [-0.39, 0.29) is 0 Å². The zero-order valence-electron chi connectivity index (χ0n) is 15.3. The van der Waals surface area contributed by atoms with Crippen molar-refractivity contribution in [1.82, 2.24) is 0 Å². The molecule has 4 rings (SSSR count). The zero-order chi connectivity index (χ0) is 17.6. The molecule has 3 aliphatic carbocycles. The summed E-state index contributed by atoms with van der Waals surface area (Å²) in [5.74, 6) is 0. The lowest BCUT2D eigenvalue weighted by atomic mass is 9.80. The second-order valence-corrected chi connectivity index (χ2v) is 7.07. The van der Waals surface area contributed by atoms with E-state index in [0.29, 0.717) is 0 Å². The minimum Gasteiger partial charge on any atom is -0.0842 e. The Labute approximate surface area is 157 Å². The SMILES string of the molecule is C1=CCCC(/C(C2=CCCC=C2)=C(/C2=CC=CCC2)c2ccccc2)=C1. The highest BCUT2D eigenvalue weighted by Crippen LogP contribution is 2.40. The fourth-order valence-corrected chi connectivity index (χ4v) is 4.01. The lowest BCUT2D eigenvalue weighted by molar-refractivity contribution is 0.956. The topological polar surface area (TPSA) is 0 Å². The van der Waals surface area contributed by atoms with Crippen molar-refractivity contribution in [2.75, 3.05) is 0 Å². The Balaban J connectivity index is 1.97. The molecule has 0 heteroatoms. The first-order chi connectivity index (χ1) is 12.9. The highest BCUT2D eigenvalue weighted by atomic mass is 14.2. The van der Waals surface area contributed by atoms with E-state index in [0.717, 1.165) is 38.5 Å². The number of allylic oxidation sites excluding steroid dienone is 14. The van der Waals surface area contributed by atoms with E-state index in [2.05, 4.69) is 85.0 Å². The summed E-state index contributed by atoms with van der Waals surface area (Å²) < 4.78 is 0. The number of hydrogen-bond donors (Lipinski definition) is 0. The van der Waals surface area contributed by atoms with Crippen LogP contribution in [0.4, 0.5) is 0 Å². The van der Waals surface area contributed by atoms with Crippen molar-refractivity contribution in [2.24, 2.45) is 0 Å². The van der Waals surface area contributed by atoms with Gasteiger partial charge in [-0.1, -0.05) is 85.0 Å². The third kappa shape index (κ3) is 3.65. The van der Waals surface area contributed by atoms with Gasteiger partial charge in [0.2, 0.25) is 0 Å². The summed E-state index contributed by atoms with van der Waals surface area (Å²) >= 11 is 0. The van der Waals surface area contributed by atoms with Gasteiger partial charge in [-0.3, -0.25) is 0 Å². The zero-order valence-corrected chi connectivity index (χ0v) is 15.3. The molecule has 1 aromatic rings. The minimum absolute atomic E-state index is 1.12. The van der Waals surface area contributed by atoms with E-state index in [1.54, 1.807) is 0 Å². The maximum atomic E-state index is 2.43. The first-order valence-electron chi connectivity index (χ1n) is 9.82. The van der Waals surface area contributed by atoms with Gasteiger partial charge in [-0.25, -0.2) is 0 Å². The summed E-state index contributed by atoms with van der Waals surface area (Å²) in [6, 6.07) is 11.0. The van der Waals surface area contributed by atoms with Gasteiger partial charge in [0.25, 0.3) is 0 Å². The normalized spacial score (nSPS) is 20.2. The largest absolute Gasteiger partial charge is 0.0842 e. The molecule has 0 aliphatic heterocycles. The molecule has 0 aromatic heterocycles. The summed E-state index contributed by atoms with van der Waals surface area (Å²) in [6.07, 6.45) is 27.5. The van der Waals surface area contributed by atoms with Crippen molar-refractivity contribution in [3.8, 4) is 0 Å². The van der Waals surface area contributed by atoms with E-state index in [1.165, 1.54) is 33.4 Å². The molecule has 1 aromatic carbocycles. The molecule has 0 bridgehead atoms. The average molecular weight is 338 g/mol. The third-order valence-corrected chi connectivity index (χ3v) is 5.27. The highest BCUT2D eigenvalue weighted by molar-refractivity contribution is 5.88. The Morgan fingerprint density at radius 3 is 1.92 bits per heavy atom. The van der Waals surface area contributed by atoms with Gasteiger partial charge >= 0.3 is 0 Å². The molecule has 0 nitrogen and oxygen atoms in total. The van der Waals surface area contributed by atoms with Crippen LogP contribution in [0.1, 0.15) is 44.1 Å². The van der Waals surface area contributed by atoms with Gasteiger partial charge in [0.1, 0.15) is 0 Å². The van der Waals surface area contributed by atoms with Crippen molar-refractivity contribution >= 4 is 5.57 Å². The lowest BCUT2D eigenvalue weighted by Crippen LogP contribution is -2.05. The lowest BCUT2D eigenvalue weighted by Gasteiger charge is -2.24. The fraction of sp³-hybridized carbons (Fsp3) is 0.231. The smallest absolute Gasteiger partial charge is 0.00705 e. The van der Waals surface area contributed by atoms with Crippen LogP contribution >= 0.6 is 0 Å². The van der Waals surface area contributed by atoms with E-state index < -0.39 is 0 Å². The second-order valence-electron chi connectivity index (χ2n) is 7.07. The van der Waals surface area contributed by atoms with Crippen molar-refractivity contribution < 1.29 is 0 Å². The molecule has 0 unspecified atom stereocenters. The summed E-state index contributed by atoms with van der Waals surface area (Å²) in [7, 11) is 0. The Hall–Kier alpha value is -2.60. The molecule has 0 atom stereocenters. The van der Waals surface area contributed by atoms with Crippen LogP contribution in [0.3, 0.4) is 0 Å². The Bertz CT molecular complexity index is 864. The predicted octanol–water partition coefficient (Wildman–Crippen LogP) is 7.27. The molecule has 0 saturated carbocycles. The summed E-state index contributed by atoms with van der Waals surface area (Å²) in [5.41, 5.74) is 8.53. The first kappa shape index (κ1) is 16.8. The molecular formula is C26H26.